The first-order chi connectivity index (χ1) is 3.83. The van der Waals surface area contributed by atoms with Crippen LogP contribution in [0.2, 0.25) is 0 Å². The first kappa shape index (κ1) is 6.18. The maximum atomic E-state index is 4.11. The Bertz CT molecular complexity index is 173. The van der Waals surface area contributed by atoms with Crippen molar-refractivity contribution in [2.45, 2.75) is 6.92 Å². The number of aromatic nitrogens is 1. The molecule has 1 unspecified atom stereocenters. The summed E-state index contributed by atoms with van der Waals surface area (Å²) in [7, 11) is 0.907. The van der Waals surface area contributed by atoms with Crippen LogP contribution in [0, 0.1) is 6.92 Å². The van der Waals surface area contributed by atoms with Gasteiger partial charge in [-0.3, -0.25) is 0 Å². The van der Waals surface area contributed by atoms with Crippen LogP contribution >= 0.6 is 19.9 Å². The maximum absolute atomic E-state index is 4.11. The van der Waals surface area contributed by atoms with Crippen molar-refractivity contribution in [3.05, 3.63) is 11.2 Å². The third kappa shape index (κ3) is 1.27. The van der Waals surface area contributed by atoms with E-state index in [1.807, 2.05) is 13.1 Å². The fourth-order valence-corrected chi connectivity index (χ4v) is 2.05. The Balaban J connectivity index is 2.84. The van der Waals surface area contributed by atoms with Crippen LogP contribution in [0.25, 0.3) is 0 Å². The molecule has 0 radical (unpaired) electrons. The van der Waals surface area contributed by atoms with Crippen molar-refractivity contribution >= 4 is 24.5 Å². The lowest BCUT2D eigenvalue weighted by atomic mass is 10.8. The largest absolute Gasteiger partial charge is 0.249 e. The third-order valence-electron chi connectivity index (χ3n) is 0.868. The number of aryl methyl sites for hydroxylation is 1. The predicted molar refractivity (Wildman–Crippen MR) is 40.7 cm³/mol. The summed E-state index contributed by atoms with van der Waals surface area (Å²) in [5, 5.41) is 1.18. The lowest BCUT2D eigenvalue weighted by Gasteiger charge is -1.78. The maximum Gasteiger partial charge on any atom is 0.0900 e. The van der Waals surface area contributed by atoms with Gasteiger partial charge in [0.1, 0.15) is 0 Å². The van der Waals surface area contributed by atoms with E-state index >= 15 is 0 Å². The molecule has 8 heavy (non-hydrogen) atoms. The molecule has 0 N–H and O–H groups in total. The van der Waals surface area contributed by atoms with Gasteiger partial charge in [-0.05, 0) is 13.6 Å². The molecule has 0 amide bonds. The van der Waals surface area contributed by atoms with Gasteiger partial charge in [-0.1, -0.05) is 8.58 Å². The molecule has 0 fully saturated rings. The number of nitrogens with zero attached hydrogens (tertiary/aromatic N) is 1. The predicted octanol–water partition coefficient (Wildman–Crippen LogP) is 1.39. The minimum Gasteiger partial charge on any atom is -0.249 e. The summed E-state index contributed by atoms with van der Waals surface area (Å²) in [5.41, 5.74) is 0. The standard InChI is InChI=1S/C5H8NPS/c1-4-6-3-5(7-2)8-4/h3,7H,1-2H3. The van der Waals surface area contributed by atoms with Gasteiger partial charge >= 0.3 is 0 Å². The van der Waals surface area contributed by atoms with Gasteiger partial charge in [0.25, 0.3) is 0 Å². The van der Waals surface area contributed by atoms with Crippen molar-refractivity contribution in [1.82, 2.24) is 4.98 Å². The van der Waals surface area contributed by atoms with E-state index in [2.05, 4.69) is 11.6 Å². The Hall–Kier alpha value is 0.0600. The second-order valence-electron chi connectivity index (χ2n) is 1.49. The molecule has 1 aromatic rings. The monoisotopic (exact) mass is 145 g/mol. The van der Waals surface area contributed by atoms with Gasteiger partial charge in [0.15, 0.2) is 0 Å². The van der Waals surface area contributed by atoms with E-state index in [1.165, 1.54) is 9.63 Å². The van der Waals surface area contributed by atoms with Crippen molar-refractivity contribution < 1.29 is 0 Å². The van der Waals surface area contributed by atoms with Crippen LogP contribution in [-0.2, 0) is 0 Å². The average Bonchev–Trinajstić information content (AvgIpc) is 2.14. The molecule has 0 bridgehead atoms. The van der Waals surface area contributed by atoms with Gasteiger partial charge in [0, 0.05) is 10.8 Å². The van der Waals surface area contributed by atoms with E-state index in [9.17, 15) is 0 Å². The highest BCUT2D eigenvalue weighted by Crippen LogP contribution is 2.09. The first-order valence-electron chi connectivity index (χ1n) is 2.43. The molecule has 1 nitrogen and oxygen atoms in total. The molecule has 44 valence electrons. The quantitative estimate of drug-likeness (QED) is 0.544. The van der Waals surface area contributed by atoms with E-state index in [0.717, 1.165) is 8.58 Å². The summed E-state index contributed by atoms with van der Waals surface area (Å²) in [5.74, 6) is 0. The molecule has 0 aliphatic heterocycles. The zero-order valence-corrected chi connectivity index (χ0v) is 6.75. The molecule has 0 spiro atoms. The minimum absolute atomic E-state index is 0.907. The van der Waals surface area contributed by atoms with Gasteiger partial charge in [0.05, 0.1) is 5.01 Å². The molecule has 0 saturated carbocycles. The normalized spacial score (nSPS) is 11.2. The molecular formula is C5H8NPS. The van der Waals surface area contributed by atoms with E-state index < -0.39 is 0 Å². The average molecular weight is 145 g/mol. The Labute approximate surface area is 54.9 Å². The van der Waals surface area contributed by atoms with E-state index in [1.54, 1.807) is 11.3 Å². The second-order valence-corrected chi connectivity index (χ2v) is 4.13. The third-order valence-corrected chi connectivity index (χ3v) is 3.13. The molecule has 0 aromatic carbocycles. The molecule has 1 heterocycles. The van der Waals surface area contributed by atoms with Crippen molar-refractivity contribution in [3.8, 4) is 0 Å². The van der Waals surface area contributed by atoms with Crippen LogP contribution in [0.15, 0.2) is 6.20 Å². The van der Waals surface area contributed by atoms with Crippen molar-refractivity contribution in [1.29, 1.82) is 0 Å². The molecular weight excluding hydrogens is 137 g/mol. The molecule has 0 aliphatic rings. The second kappa shape index (κ2) is 2.56. The van der Waals surface area contributed by atoms with Gasteiger partial charge in [0.2, 0.25) is 0 Å². The molecule has 0 aliphatic carbocycles. The summed E-state index contributed by atoms with van der Waals surface area (Å²) in [6.07, 6.45) is 1.96. The fraction of sp³-hybridized carbons (Fsp3) is 0.400. The SMILES string of the molecule is CPc1cnc(C)s1. The van der Waals surface area contributed by atoms with Crippen molar-refractivity contribution in [3.63, 3.8) is 0 Å². The summed E-state index contributed by atoms with van der Waals surface area (Å²) < 4.78 is 1.41. The Morgan fingerprint density at radius 1 is 1.75 bits per heavy atom. The van der Waals surface area contributed by atoms with Crippen LogP contribution in [0.4, 0.5) is 0 Å². The topological polar surface area (TPSA) is 12.9 Å². The van der Waals surface area contributed by atoms with Crippen molar-refractivity contribution in [2.24, 2.45) is 0 Å². The van der Waals surface area contributed by atoms with E-state index in [-0.39, 0.29) is 0 Å². The highest BCUT2D eigenvalue weighted by molar-refractivity contribution is 7.55. The van der Waals surface area contributed by atoms with E-state index in [0.29, 0.717) is 0 Å². The molecule has 1 atom stereocenters. The lowest BCUT2D eigenvalue weighted by molar-refractivity contribution is 1.30. The van der Waals surface area contributed by atoms with Gasteiger partial charge in [-0.15, -0.1) is 11.3 Å². The highest BCUT2D eigenvalue weighted by Gasteiger charge is 1.91. The van der Waals surface area contributed by atoms with Gasteiger partial charge in [-0.25, -0.2) is 4.98 Å². The minimum atomic E-state index is 0.907. The van der Waals surface area contributed by atoms with E-state index in [4.69, 9.17) is 0 Å². The van der Waals surface area contributed by atoms with Crippen LogP contribution in [0.5, 0.6) is 0 Å². The Kier molecular flexibility index (Phi) is 1.98. The zero-order chi connectivity index (χ0) is 5.98. The summed E-state index contributed by atoms with van der Waals surface area (Å²) in [6, 6.07) is 0. The molecule has 1 rings (SSSR count). The van der Waals surface area contributed by atoms with Gasteiger partial charge in [-0.2, -0.15) is 0 Å². The summed E-state index contributed by atoms with van der Waals surface area (Å²) in [6.45, 7) is 4.21. The number of rotatable bonds is 1. The number of hydrogen-bond acceptors (Lipinski definition) is 2. The van der Waals surface area contributed by atoms with Crippen LogP contribution in [0.1, 0.15) is 5.01 Å². The summed E-state index contributed by atoms with van der Waals surface area (Å²) in [4.78, 5) is 4.11. The van der Waals surface area contributed by atoms with Crippen molar-refractivity contribution in [2.75, 3.05) is 6.66 Å². The van der Waals surface area contributed by atoms with Crippen LogP contribution < -0.4 is 4.62 Å². The Morgan fingerprint density at radius 2 is 2.50 bits per heavy atom. The number of thiazole rings is 1. The van der Waals surface area contributed by atoms with Gasteiger partial charge < -0.3 is 0 Å². The van der Waals surface area contributed by atoms with Crippen LogP contribution in [-0.4, -0.2) is 11.6 Å². The Morgan fingerprint density at radius 3 is 2.75 bits per heavy atom. The molecule has 3 heteroatoms. The van der Waals surface area contributed by atoms with Crippen LogP contribution in [0.3, 0.4) is 0 Å². The highest BCUT2D eigenvalue weighted by atomic mass is 32.1. The first-order valence-corrected chi connectivity index (χ1v) is 4.75. The number of hydrogen-bond donors (Lipinski definition) is 0. The molecule has 1 aromatic heterocycles. The smallest absolute Gasteiger partial charge is 0.0900 e. The lowest BCUT2D eigenvalue weighted by Crippen LogP contribution is -1.77. The fourth-order valence-electron chi connectivity index (χ4n) is 0.477. The summed E-state index contributed by atoms with van der Waals surface area (Å²) >= 11 is 1.79. The molecule has 0 saturated heterocycles. The zero-order valence-electron chi connectivity index (χ0n) is 4.93.